The van der Waals surface area contributed by atoms with E-state index in [0.717, 1.165) is 11.8 Å². The van der Waals surface area contributed by atoms with Crippen molar-refractivity contribution >= 4 is 57.6 Å². The first kappa shape index (κ1) is 15.1. The van der Waals surface area contributed by atoms with E-state index < -0.39 is 0 Å². The van der Waals surface area contributed by atoms with Gasteiger partial charge in [-0.05, 0) is 42.1 Å². The van der Waals surface area contributed by atoms with Crippen LogP contribution in [0.3, 0.4) is 0 Å². The number of carbonyl (C=O) groups is 1. The predicted octanol–water partition coefficient (Wildman–Crippen LogP) is 5.09. The van der Waals surface area contributed by atoms with E-state index in [0.29, 0.717) is 26.2 Å². The van der Waals surface area contributed by atoms with Gasteiger partial charge in [0, 0.05) is 10.6 Å². The highest BCUT2D eigenvalue weighted by Gasteiger charge is 2.33. The smallest absolute Gasteiger partial charge is 0.296 e. The molecule has 1 aliphatic heterocycles. The second kappa shape index (κ2) is 6.12. The van der Waals surface area contributed by atoms with Crippen LogP contribution in [0.15, 0.2) is 53.4 Å². The largest absolute Gasteiger partial charge is 0.507 e. The molecular formula is C16H10ClNO2S2. The molecule has 0 bridgehead atoms. The van der Waals surface area contributed by atoms with E-state index in [1.807, 2.05) is 6.07 Å². The normalized spacial score (nSPS) is 16.6. The van der Waals surface area contributed by atoms with Crippen LogP contribution in [0.4, 0.5) is 10.5 Å². The van der Waals surface area contributed by atoms with Crippen LogP contribution in [-0.4, -0.2) is 15.3 Å². The van der Waals surface area contributed by atoms with E-state index in [9.17, 15) is 9.90 Å². The van der Waals surface area contributed by atoms with Crippen LogP contribution in [-0.2, 0) is 0 Å². The zero-order chi connectivity index (χ0) is 15.7. The molecule has 2 aromatic rings. The molecule has 6 heteroatoms. The van der Waals surface area contributed by atoms with Crippen molar-refractivity contribution in [1.29, 1.82) is 0 Å². The Morgan fingerprint density at radius 3 is 2.68 bits per heavy atom. The van der Waals surface area contributed by atoms with Gasteiger partial charge in [0.1, 0.15) is 10.7 Å². The number of amides is 1. The van der Waals surface area contributed by atoms with Crippen molar-refractivity contribution in [3.63, 3.8) is 0 Å². The fourth-order valence-corrected chi connectivity index (χ4v) is 3.51. The number of aromatic hydroxyl groups is 1. The molecule has 1 amide bonds. The second-order valence-electron chi connectivity index (χ2n) is 4.56. The Hall–Kier alpha value is -1.82. The summed E-state index contributed by atoms with van der Waals surface area (Å²) in [4.78, 5) is 14.7. The molecule has 0 aliphatic carbocycles. The quantitative estimate of drug-likeness (QED) is 0.607. The van der Waals surface area contributed by atoms with Crippen molar-refractivity contribution in [2.75, 3.05) is 4.90 Å². The summed E-state index contributed by atoms with van der Waals surface area (Å²) in [6.07, 6.45) is 1.71. The summed E-state index contributed by atoms with van der Waals surface area (Å²) in [5.74, 6) is 0.145. The van der Waals surface area contributed by atoms with E-state index in [-0.39, 0.29) is 11.0 Å². The third-order valence-electron chi connectivity index (χ3n) is 3.08. The van der Waals surface area contributed by atoms with Gasteiger partial charge in [0.25, 0.3) is 5.24 Å². The van der Waals surface area contributed by atoms with Crippen LogP contribution >= 0.6 is 35.6 Å². The molecule has 0 aromatic heterocycles. The molecule has 0 atom stereocenters. The summed E-state index contributed by atoms with van der Waals surface area (Å²) in [5, 5.41) is 10.2. The monoisotopic (exact) mass is 347 g/mol. The van der Waals surface area contributed by atoms with Gasteiger partial charge in [0.05, 0.1) is 10.6 Å². The Kier molecular flexibility index (Phi) is 4.20. The molecule has 110 valence electrons. The molecule has 2 aromatic carbocycles. The van der Waals surface area contributed by atoms with E-state index in [1.165, 1.54) is 4.90 Å². The van der Waals surface area contributed by atoms with Gasteiger partial charge in [-0.2, -0.15) is 0 Å². The molecule has 1 N–H and O–H groups in total. The van der Waals surface area contributed by atoms with Gasteiger partial charge in [-0.1, -0.05) is 48.1 Å². The lowest BCUT2D eigenvalue weighted by atomic mass is 10.2. The number of phenols is 1. The van der Waals surface area contributed by atoms with Gasteiger partial charge in [-0.25, -0.2) is 0 Å². The van der Waals surface area contributed by atoms with Gasteiger partial charge in [-0.15, -0.1) is 0 Å². The molecule has 1 heterocycles. The molecule has 1 fully saturated rings. The third kappa shape index (κ3) is 2.88. The number of rotatable bonds is 2. The van der Waals surface area contributed by atoms with Crippen molar-refractivity contribution in [3.8, 4) is 5.75 Å². The standard InChI is InChI=1S/C16H10ClNO2S2/c17-11-5-3-6-12(9-11)18-15(21)14(22-16(18)20)8-10-4-1-2-7-13(10)19/h1-9,19H/b14-8-. The minimum atomic E-state index is -0.186. The van der Waals surface area contributed by atoms with Crippen LogP contribution in [0.5, 0.6) is 5.75 Å². The molecule has 3 nitrogen and oxygen atoms in total. The molecular weight excluding hydrogens is 338 g/mol. The van der Waals surface area contributed by atoms with E-state index in [1.54, 1.807) is 48.5 Å². The van der Waals surface area contributed by atoms with Gasteiger partial charge in [0.15, 0.2) is 0 Å². The summed E-state index contributed by atoms with van der Waals surface area (Å²) < 4.78 is 0. The minimum absolute atomic E-state index is 0.145. The molecule has 0 unspecified atom stereocenters. The predicted molar refractivity (Wildman–Crippen MR) is 95.6 cm³/mol. The van der Waals surface area contributed by atoms with Crippen molar-refractivity contribution in [3.05, 3.63) is 64.0 Å². The summed E-state index contributed by atoms with van der Waals surface area (Å²) in [5.41, 5.74) is 1.25. The maximum Gasteiger partial charge on any atom is 0.296 e. The average molecular weight is 348 g/mol. The van der Waals surface area contributed by atoms with Crippen molar-refractivity contribution in [2.45, 2.75) is 0 Å². The Balaban J connectivity index is 1.97. The maximum atomic E-state index is 12.2. The fourth-order valence-electron chi connectivity index (χ4n) is 2.06. The number of phenolic OH excluding ortho intramolecular Hbond substituents is 1. The summed E-state index contributed by atoms with van der Waals surface area (Å²) in [6, 6.07) is 13.9. The number of thiocarbonyl (C=S) groups is 1. The third-order valence-corrected chi connectivity index (χ3v) is 4.74. The number of para-hydroxylation sites is 1. The first-order chi connectivity index (χ1) is 10.6. The highest BCUT2D eigenvalue weighted by Crippen LogP contribution is 2.38. The highest BCUT2D eigenvalue weighted by atomic mass is 35.5. The number of carbonyl (C=O) groups excluding carboxylic acids is 1. The molecule has 0 spiro atoms. The number of nitrogens with zero attached hydrogens (tertiary/aromatic N) is 1. The number of hydrogen-bond donors (Lipinski definition) is 1. The summed E-state index contributed by atoms with van der Waals surface area (Å²) in [6.45, 7) is 0. The minimum Gasteiger partial charge on any atom is -0.507 e. The average Bonchev–Trinajstić information content (AvgIpc) is 2.76. The number of anilines is 1. The van der Waals surface area contributed by atoms with Crippen LogP contribution < -0.4 is 4.90 Å². The van der Waals surface area contributed by atoms with E-state index in [2.05, 4.69) is 0 Å². The second-order valence-corrected chi connectivity index (χ2v) is 6.37. The first-order valence-electron chi connectivity index (χ1n) is 6.38. The van der Waals surface area contributed by atoms with Crippen molar-refractivity contribution < 1.29 is 9.90 Å². The lowest BCUT2D eigenvalue weighted by Crippen LogP contribution is -2.26. The Morgan fingerprint density at radius 2 is 1.95 bits per heavy atom. The highest BCUT2D eigenvalue weighted by molar-refractivity contribution is 8.20. The Morgan fingerprint density at radius 1 is 1.18 bits per heavy atom. The summed E-state index contributed by atoms with van der Waals surface area (Å²) in [7, 11) is 0. The number of thioether (sulfide) groups is 1. The lowest BCUT2D eigenvalue weighted by molar-refractivity contribution is 0.268. The topological polar surface area (TPSA) is 40.5 Å². The lowest BCUT2D eigenvalue weighted by Gasteiger charge is -2.14. The Bertz CT molecular complexity index is 804. The van der Waals surface area contributed by atoms with Crippen LogP contribution in [0.2, 0.25) is 5.02 Å². The van der Waals surface area contributed by atoms with Gasteiger partial charge >= 0.3 is 0 Å². The molecule has 3 rings (SSSR count). The Labute approximate surface area is 142 Å². The molecule has 0 radical (unpaired) electrons. The van der Waals surface area contributed by atoms with Crippen LogP contribution in [0, 0.1) is 0 Å². The zero-order valence-electron chi connectivity index (χ0n) is 11.2. The van der Waals surface area contributed by atoms with Crippen LogP contribution in [0.1, 0.15) is 5.56 Å². The molecule has 1 saturated heterocycles. The van der Waals surface area contributed by atoms with Gasteiger partial charge < -0.3 is 5.11 Å². The fraction of sp³-hybridized carbons (Fsp3) is 0. The zero-order valence-corrected chi connectivity index (χ0v) is 13.6. The van der Waals surface area contributed by atoms with E-state index >= 15 is 0 Å². The molecule has 1 aliphatic rings. The number of halogens is 1. The van der Waals surface area contributed by atoms with Crippen LogP contribution in [0.25, 0.3) is 6.08 Å². The van der Waals surface area contributed by atoms with Gasteiger partial charge in [0.2, 0.25) is 0 Å². The SMILES string of the molecule is O=C1S/C(=C\c2ccccc2O)C(=S)N1c1cccc(Cl)c1. The molecule has 0 saturated carbocycles. The first-order valence-corrected chi connectivity index (χ1v) is 7.98. The number of hydrogen-bond acceptors (Lipinski definition) is 4. The van der Waals surface area contributed by atoms with Gasteiger partial charge in [-0.3, -0.25) is 9.69 Å². The maximum absolute atomic E-state index is 12.2. The number of benzene rings is 2. The van der Waals surface area contributed by atoms with Crippen molar-refractivity contribution in [1.82, 2.24) is 0 Å². The van der Waals surface area contributed by atoms with E-state index in [4.69, 9.17) is 23.8 Å². The molecule has 22 heavy (non-hydrogen) atoms. The summed E-state index contributed by atoms with van der Waals surface area (Å²) >= 11 is 12.4. The van der Waals surface area contributed by atoms with Crippen molar-refractivity contribution in [2.24, 2.45) is 0 Å².